The van der Waals surface area contributed by atoms with Crippen LogP contribution in [0.15, 0.2) is 65.4 Å². The normalized spacial score (nSPS) is 10.7. The second-order valence-electron chi connectivity index (χ2n) is 4.52. The summed E-state index contributed by atoms with van der Waals surface area (Å²) in [7, 11) is 0. The minimum Gasteiger partial charge on any atom is -0.268 e. The molecule has 3 rings (SSSR count). The monoisotopic (exact) mass is 330 g/mol. The zero-order valence-electron chi connectivity index (χ0n) is 10.6. The van der Waals surface area contributed by atoms with Crippen molar-refractivity contribution in [3.8, 4) is 11.1 Å². The Morgan fingerprint density at radius 3 is 2.50 bits per heavy atom. The van der Waals surface area contributed by atoms with E-state index in [1.165, 1.54) is 17.7 Å². The highest BCUT2D eigenvalue weighted by Gasteiger charge is 2.04. The molecule has 0 radical (unpaired) electrons. The molecule has 4 heteroatoms. The van der Waals surface area contributed by atoms with E-state index >= 15 is 0 Å². The van der Waals surface area contributed by atoms with E-state index in [1.54, 1.807) is 18.3 Å². The van der Waals surface area contributed by atoms with Crippen molar-refractivity contribution in [2.45, 2.75) is 6.54 Å². The van der Waals surface area contributed by atoms with Gasteiger partial charge in [-0.1, -0.05) is 46.3 Å². The predicted octanol–water partition coefficient (Wildman–Crippen LogP) is 4.50. The van der Waals surface area contributed by atoms with Crippen LogP contribution >= 0.6 is 15.9 Å². The Balaban J connectivity index is 1.84. The number of benzene rings is 2. The molecule has 3 aromatic rings. The summed E-state index contributed by atoms with van der Waals surface area (Å²) in [5.41, 5.74) is 3.11. The summed E-state index contributed by atoms with van der Waals surface area (Å²) in [6, 6.07) is 14.5. The average Bonchev–Trinajstić information content (AvgIpc) is 2.91. The number of halogens is 2. The van der Waals surface area contributed by atoms with Crippen LogP contribution < -0.4 is 0 Å². The van der Waals surface area contributed by atoms with Gasteiger partial charge < -0.3 is 0 Å². The van der Waals surface area contributed by atoms with E-state index in [-0.39, 0.29) is 5.82 Å². The minimum atomic E-state index is -0.227. The third kappa shape index (κ3) is 2.80. The molecule has 0 saturated carbocycles. The van der Waals surface area contributed by atoms with E-state index in [1.807, 2.05) is 29.1 Å². The fourth-order valence-electron chi connectivity index (χ4n) is 2.04. The molecule has 1 aromatic heterocycles. The van der Waals surface area contributed by atoms with Gasteiger partial charge in [0.2, 0.25) is 0 Å². The van der Waals surface area contributed by atoms with Crippen molar-refractivity contribution >= 4 is 15.9 Å². The topological polar surface area (TPSA) is 17.8 Å². The van der Waals surface area contributed by atoms with Crippen molar-refractivity contribution in [2.75, 3.05) is 0 Å². The lowest BCUT2D eigenvalue weighted by molar-refractivity contribution is 0.628. The molecule has 0 aliphatic heterocycles. The van der Waals surface area contributed by atoms with Gasteiger partial charge in [0.1, 0.15) is 5.82 Å². The summed E-state index contributed by atoms with van der Waals surface area (Å²) in [5.74, 6) is -0.227. The highest BCUT2D eigenvalue weighted by Crippen LogP contribution is 2.21. The fraction of sp³-hybridized carbons (Fsp3) is 0.0625. The molecule has 0 fully saturated rings. The molecule has 100 valence electrons. The predicted molar refractivity (Wildman–Crippen MR) is 80.9 cm³/mol. The number of hydrogen-bond acceptors (Lipinski definition) is 1. The summed E-state index contributed by atoms with van der Waals surface area (Å²) in [4.78, 5) is 0. The van der Waals surface area contributed by atoms with E-state index < -0.39 is 0 Å². The first-order chi connectivity index (χ1) is 9.72. The smallest absolute Gasteiger partial charge is 0.123 e. The van der Waals surface area contributed by atoms with Crippen molar-refractivity contribution in [1.82, 2.24) is 9.78 Å². The zero-order chi connectivity index (χ0) is 13.9. The maximum absolute atomic E-state index is 12.9. The van der Waals surface area contributed by atoms with Crippen molar-refractivity contribution < 1.29 is 4.39 Å². The molecule has 0 amide bonds. The lowest BCUT2D eigenvalue weighted by Crippen LogP contribution is -2.00. The van der Waals surface area contributed by atoms with Gasteiger partial charge in [-0.3, -0.25) is 4.68 Å². The Hall–Kier alpha value is -1.94. The third-order valence-electron chi connectivity index (χ3n) is 3.10. The van der Waals surface area contributed by atoms with Crippen LogP contribution in [-0.4, -0.2) is 9.78 Å². The maximum Gasteiger partial charge on any atom is 0.123 e. The van der Waals surface area contributed by atoms with Crippen LogP contribution in [0.2, 0.25) is 0 Å². The quantitative estimate of drug-likeness (QED) is 0.691. The zero-order valence-corrected chi connectivity index (χ0v) is 12.2. The van der Waals surface area contributed by atoms with E-state index in [2.05, 4.69) is 27.1 Å². The Morgan fingerprint density at radius 1 is 1.00 bits per heavy atom. The first-order valence-corrected chi connectivity index (χ1v) is 7.03. The molecule has 0 aliphatic rings. The number of nitrogens with zero attached hydrogens (tertiary/aromatic N) is 2. The van der Waals surface area contributed by atoms with Gasteiger partial charge in [-0.05, 0) is 29.3 Å². The molecule has 0 bridgehead atoms. The summed E-state index contributed by atoms with van der Waals surface area (Å²) >= 11 is 3.53. The molecule has 0 N–H and O–H groups in total. The lowest BCUT2D eigenvalue weighted by atomic mass is 10.1. The molecule has 2 aromatic carbocycles. The Labute approximate surface area is 125 Å². The average molecular weight is 331 g/mol. The minimum absolute atomic E-state index is 0.227. The molecule has 0 unspecified atom stereocenters. The van der Waals surface area contributed by atoms with Crippen molar-refractivity contribution in [3.63, 3.8) is 0 Å². The highest BCUT2D eigenvalue weighted by atomic mass is 79.9. The molecular formula is C16H12BrFN2. The summed E-state index contributed by atoms with van der Waals surface area (Å²) in [6.07, 6.45) is 3.76. The molecule has 20 heavy (non-hydrogen) atoms. The summed E-state index contributed by atoms with van der Waals surface area (Å²) in [6.45, 7) is 0.697. The Bertz CT molecular complexity index is 719. The van der Waals surface area contributed by atoms with Crippen molar-refractivity contribution in [2.24, 2.45) is 0 Å². The van der Waals surface area contributed by atoms with Crippen LogP contribution in [-0.2, 0) is 6.54 Å². The first-order valence-electron chi connectivity index (χ1n) is 6.24. The van der Waals surface area contributed by atoms with Crippen molar-refractivity contribution in [3.05, 3.63) is 76.8 Å². The molecule has 2 nitrogen and oxygen atoms in total. The molecule has 1 heterocycles. The van der Waals surface area contributed by atoms with Gasteiger partial charge in [-0.2, -0.15) is 5.10 Å². The van der Waals surface area contributed by atoms with E-state index in [0.717, 1.165) is 15.6 Å². The number of aromatic nitrogens is 2. The second-order valence-corrected chi connectivity index (χ2v) is 5.38. The van der Waals surface area contributed by atoms with Crippen LogP contribution in [0.25, 0.3) is 11.1 Å². The first kappa shape index (κ1) is 13.1. The van der Waals surface area contributed by atoms with E-state index in [4.69, 9.17) is 0 Å². The lowest BCUT2D eigenvalue weighted by Gasteiger charge is -2.04. The SMILES string of the molecule is Fc1ccc(-c2cnn(Cc3ccccc3Br)c2)cc1. The van der Waals surface area contributed by atoms with E-state index in [0.29, 0.717) is 6.54 Å². The van der Waals surface area contributed by atoms with Gasteiger partial charge in [0.15, 0.2) is 0 Å². The molecular weight excluding hydrogens is 319 g/mol. The standard InChI is InChI=1S/C16H12BrFN2/c17-16-4-2-1-3-13(16)10-20-11-14(9-19-20)12-5-7-15(18)8-6-12/h1-9,11H,10H2. The highest BCUT2D eigenvalue weighted by molar-refractivity contribution is 9.10. The third-order valence-corrected chi connectivity index (χ3v) is 3.87. The van der Waals surface area contributed by atoms with Gasteiger partial charge >= 0.3 is 0 Å². The number of rotatable bonds is 3. The van der Waals surface area contributed by atoms with E-state index in [9.17, 15) is 4.39 Å². The summed E-state index contributed by atoms with van der Waals surface area (Å²) < 4.78 is 15.9. The van der Waals surface area contributed by atoms with Gasteiger partial charge in [0, 0.05) is 16.2 Å². The van der Waals surface area contributed by atoms with Crippen LogP contribution in [0.4, 0.5) is 4.39 Å². The van der Waals surface area contributed by atoms with Crippen LogP contribution in [0.5, 0.6) is 0 Å². The van der Waals surface area contributed by atoms with Gasteiger partial charge in [0.05, 0.1) is 12.7 Å². The van der Waals surface area contributed by atoms with Gasteiger partial charge in [-0.25, -0.2) is 4.39 Å². The fourth-order valence-corrected chi connectivity index (χ4v) is 2.45. The summed E-state index contributed by atoms with van der Waals surface area (Å²) in [5, 5.41) is 4.35. The van der Waals surface area contributed by atoms with Crippen LogP contribution in [0, 0.1) is 5.82 Å². The maximum atomic E-state index is 12.9. The number of hydrogen-bond donors (Lipinski definition) is 0. The molecule has 0 spiro atoms. The molecule has 0 aliphatic carbocycles. The van der Waals surface area contributed by atoms with Gasteiger partial charge in [-0.15, -0.1) is 0 Å². The largest absolute Gasteiger partial charge is 0.268 e. The molecule has 0 saturated heterocycles. The van der Waals surface area contributed by atoms with Crippen LogP contribution in [0.3, 0.4) is 0 Å². The van der Waals surface area contributed by atoms with Crippen molar-refractivity contribution in [1.29, 1.82) is 0 Å². The Kier molecular flexibility index (Phi) is 3.65. The molecule has 0 atom stereocenters. The van der Waals surface area contributed by atoms with Gasteiger partial charge in [0.25, 0.3) is 0 Å². The van der Waals surface area contributed by atoms with Crippen LogP contribution in [0.1, 0.15) is 5.56 Å². The second kappa shape index (κ2) is 5.59. The Morgan fingerprint density at radius 2 is 1.75 bits per heavy atom.